The van der Waals surface area contributed by atoms with Crippen molar-refractivity contribution in [3.8, 4) is 11.5 Å². The van der Waals surface area contributed by atoms with E-state index in [9.17, 15) is 19.8 Å². The van der Waals surface area contributed by atoms with Gasteiger partial charge in [0, 0.05) is 17.5 Å². The van der Waals surface area contributed by atoms with Crippen LogP contribution in [0.3, 0.4) is 0 Å². The highest BCUT2D eigenvalue weighted by Gasteiger charge is 2.10. The van der Waals surface area contributed by atoms with E-state index < -0.39 is 5.97 Å². The van der Waals surface area contributed by atoms with E-state index in [2.05, 4.69) is 0 Å². The van der Waals surface area contributed by atoms with Crippen molar-refractivity contribution in [3.63, 3.8) is 0 Å². The maximum Gasteiger partial charge on any atom is 0.307 e. The molecule has 0 saturated heterocycles. The summed E-state index contributed by atoms with van der Waals surface area (Å²) in [5, 5.41) is 27.3. The van der Waals surface area contributed by atoms with Gasteiger partial charge in [0.05, 0.1) is 6.42 Å². The largest absolute Gasteiger partial charge is 0.508 e. The van der Waals surface area contributed by atoms with Gasteiger partial charge < -0.3 is 20.1 Å². The van der Waals surface area contributed by atoms with Gasteiger partial charge in [0.1, 0.15) is 17.8 Å². The first-order valence-corrected chi connectivity index (χ1v) is 4.23. The van der Waals surface area contributed by atoms with Crippen LogP contribution in [0.5, 0.6) is 11.5 Å². The van der Waals surface area contributed by atoms with Crippen LogP contribution in [0.15, 0.2) is 12.1 Å². The number of hydrogen-bond acceptors (Lipinski definition) is 4. The quantitative estimate of drug-likeness (QED) is 0.496. The second kappa shape index (κ2) is 4.45. The van der Waals surface area contributed by atoms with Crippen molar-refractivity contribution in [3.05, 3.63) is 23.3 Å². The number of carbonyl (C=O) groups is 2. The molecule has 1 aromatic rings. The SMILES string of the molecule is O=CCc1cc(O)c(CC(=O)O)cc1O. The van der Waals surface area contributed by atoms with Crippen LogP contribution >= 0.6 is 0 Å². The first kappa shape index (κ1) is 11.0. The number of rotatable bonds is 4. The molecule has 0 saturated carbocycles. The lowest BCUT2D eigenvalue weighted by atomic mass is 10.0. The zero-order valence-electron chi connectivity index (χ0n) is 7.80. The molecule has 0 aliphatic rings. The van der Waals surface area contributed by atoms with Gasteiger partial charge in [0.2, 0.25) is 0 Å². The molecule has 0 radical (unpaired) electrons. The van der Waals surface area contributed by atoms with Crippen molar-refractivity contribution in [2.45, 2.75) is 12.8 Å². The number of carbonyl (C=O) groups excluding carboxylic acids is 1. The third-order valence-electron chi connectivity index (χ3n) is 1.92. The van der Waals surface area contributed by atoms with Gasteiger partial charge in [-0.05, 0) is 12.1 Å². The summed E-state index contributed by atoms with van der Waals surface area (Å²) in [6, 6.07) is 2.35. The molecule has 5 heteroatoms. The first-order chi connectivity index (χ1) is 7.04. The summed E-state index contributed by atoms with van der Waals surface area (Å²) in [6.45, 7) is 0. The van der Waals surface area contributed by atoms with E-state index in [1.807, 2.05) is 0 Å². The molecule has 0 heterocycles. The second-order valence-electron chi connectivity index (χ2n) is 3.05. The number of phenols is 2. The van der Waals surface area contributed by atoms with Gasteiger partial charge in [-0.25, -0.2) is 0 Å². The molecule has 1 aromatic carbocycles. The standard InChI is InChI=1S/C10H10O5/c11-2-1-6-3-9(13)7(4-8(6)12)5-10(14)15/h2-4,12-13H,1,5H2,(H,14,15). The van der Waals surface area contributed by atoms with E-state index in [4.69, 9.17) is 5.11 Å². The van der Waals surface area contributed by atoms with Gasteiger partial charge in [-0.2, -0.15) is 0 Å². The van der Waals surface area contributed by atoms with Crippen molar-refractivity contribution in [2.75, 3.05) is 0 Å². The van der Waals surface area contributed by atoms with E-state index in [0.29, 0.717) is 6.29 Å². The molecule has 0 fully saturated rings. The van der Waals surface area contributed by atoms with Crippen molar-refractivity contribution in [2.24, 2.45) is 0 Å². The van der Waals surface area contributed by atoms with Crippen molar-refractivity contribution < 1.29 is 24.9 Å². The highest BCUT2D eigenvalue weighted by Crippen LogP contribution is 2.27. The number of phenolic OH excluding ortho intramolecular Hbond substituents is 2. The van der Waals surface area contributed by atoms with E-state index >= 15 is 0 Å². The molecule has 0 bridgehead atoms. The predicted molar refractivity (Wildman–Crippen MR) is 50.9 cm³/mol. The predicted octanol–water partition coefficient (Wildman–Crippen LogP) is 0.466. The molecule has 0 unspecified atom stereocenters. The number of aliphatic carboxylic acids is 1. The van der Waals surface area contributed by atoms with Crippen LogP contribution in [0, 0.1) is 0 Å². The normalized spacial score (nSPS) is 9.87. The molecule has 0 atom stereocenters. The molecule has 1 rings (SSSR count). The van der Waals surface area contributed by atoms with Crippen molar-refractivity contribution in [1.82, 2.24) is 0 Å². The van der Waals surface area contributed by atoms with E-state index in [0.717, 1.165) is 6.07 Å². The maximum atomic E-state index is 10.4. The number of benzene rings is 1. The minimum Gasteiger partial charge on any atom is -0.508 e. The van der Waals surface area contributed by atoms with Gasteiger partial charge in [0.15, 0.2) is 0 Å². The van der Waals surface area contributed by atoms with Crippen LogP contribution < -0.4 is 0 Å². The number of hydrogen-bond donors (Lipinski definition) is 3. The van der Waals surface area contributed by atoms with E-state index in [1.54, 1.807) is 0 Å². The smallest absolute Gasteiger partial charge is 0.307 e. The Morgan fingerprint density at radius 1 is 1.20 bits per heavy atom. The van der Waals surface area contributed by atoms with E-state index in [-0.39, 0.29) is 35.5 Å². The average Bonchev–Trinajstić information content (AvgIpc) is 2.13. The highest BCUT2D eigenvalue weighted by atomic mass is 16.4. The van der Waals surface area contributed by atoms with Gasteiger partial charge in [-0.3, -0.25) is 4.79 Å². The lowest BCUT2D eigenvalue weighted by Gasteiger charge is -2.06. The molecular formula is C10H10O5. The zero-order valence-corrected chi connectivity index (χ0v) is 7.80. The summed E-state index contributed by atoms with van der Waals surface area (Å²) in [7, 11) is 0. The van der Waals surface area contributed by atoms with E-state index in [1.165, 1.54) is 6.07 Å². The summed E-state index contributed by atoms with van der Waals surface area (Å²) in [6.07, 6.45) is 0.193. The topological polar surface area (TPSA) is 94.8 Å². The monoisotopic (exact) mass is 210 g/mol. The molecule has 0 aliphatic carbocycles. The van der Waals surface area contributed by atoms with Gasteiger partial charge >= 0.3 is 5.97 Å². The number of carboxylic acid groups (broad SMARTS) is 1. The molecular weight excluding hydrogens is 200 g/mol. The van der Waals surface area contributed by atoms with Gasteiger partial charge in [-0.15, -0.1) is 0 Å². The second-order valence-corrected chi connectivity index (χ2v) is 3.05. The van der Waals surface area contributed by atoms with Crippen molar-refractivity contribution in [1.29, 1.82) is 0 Å². The Hall–Kier alpha value is -2.04. The van der Waals surface area contributed by atoms with Gasteiger partial charge in [-0.1, -0.05) is 0 Å². The zero-order chi connectivity index (χ0) is 11.4. The van der Waals surface area contributed by atoms with Crippen LogP contribution in [-0.2, 0) is 22.4 Å². The number of aldehydes is 1. The fourth-order valence-corrected chi connectivity index (χ4v) is 1.22. The molecule has 0 aromatic heterocycles. The maximum absolute atomic E-state index is 10.4. The highest BCUT2D eigenvalue weighted by molar-refractivity contribution is 5.72. The Morgan fingerprint density at radius 2 is 1.73 bits per heavy atom. The molecule has 15 heavy (non-hydrogen) atoms. The molecule has 5 nitrogen and oxygen atoms in total. The Balaban J connectivity index is 3.07. The van der Waals surface area contributed by atoms with Crippen LogP contribution in [0.2, 0.25) is 0 Å². The summed E-state index contributed by atoms with van der Waals surface area (Å²) in [5.41, 5.74) is 0.395. The Labute approximate surface area is 85.6 Å². The minimum atomic E-state index is -1.10. The van der Waals surface area contributed by atoms with Crippen LogP contribution in [0.4, 0.5) is 0 Å². The Morgan fingerprint density at radius 3 is 2.27 bits per heavy atom. The summed E-state index contributed by atoms with van der Waals surface area (Å²) < 4.78 is 0. The van der Waals surface area contributed by atoms with Crippen molar-refractivity contribution >= 4 is 12.3 Å². The lowest BCUT2D eigenvalue weighted by molar-refractivity contribution is -0.136. The molecule has 0 amide bonds. The molecule has 3 N–H and O–H groups in total. The average molecular weight is 210 g/mol. The lowest BCUT2D eigenvalue weighted by Crippen LogP contribution is -2.01. The molecule has 0 spiro atoms. The fraction of sp³-hybridized carbons (Fsp3) is 0.200. The third-order valence-corrected chi connectivity index (χ3v) is 1.92. The summed E-state index contributed by atoms with van der Waals surface area (Å²) in [5.74, 6) is -1.52. The van der Waals surface area contributed by atoms with Gasteiger partial charge in [0.25, 0.3) is 0 Å². The van der Waals surface area contributed by atoms with Crippen LogP contribution in [-0.4, -0.2) is 27.6 Å². The number of aromatic hydroxyl groups is 2. The summed E-state index contributed by atoms with van der Waals surface area (Å²) >= 11 is 0. The Kier molecular flexibility index (Phi) is 3.28. The summed E-state index contributed by atoms with van der Waals surface area (Å²) in [4.78, 5) is 20.6. The van der Waals surface area contributed by atoms with Crippen LogP contribution in [0.1, 0.15) is 11.1 Å². The minimum absolute atomic E-state index is 0.0211. The number of carboxylic acids is 1. The molecule has 0 aliphatic heterocycles. The Bertz CT molecular complexity index is 397. The van der Waals surface area contributed by atoms with Crippen LogP contribution in [0.25, 0.3) is 0 Å². The molecule has 80 valence electrons. The fourth-order valence-electron chi connectivity index (χ4n) is 1.22. The first-order valence-electron chi connectivity index (χ1n) is 4.23. The third kappa shape index (κ3) is 2.70.